The van der Waals surface area contributed by atoms with E-state index in [-0.39, 0.29) is 18.4 Å². The number of nitrogens with one attached hydrogen (secondary N) is 2. The summed E-state index contributed by atoms with van der Waals surface area (Å²) in [5.41, 5.74) is 0. The Labute approximate surface area is 131 Å². The zero-order valence-electron chi connectivity index (χ0n) is 13.3. The van der Waals surface area contributed by atoms with Crippen LogP contribution in [0.2, 0.25) is 0 Å². The molecule has 0 aromatic rings. The van der Waals surface area contributed by atoms with Gasteiger partial charge in [-0.25, -0.2) is 0 Å². The first-order chi connectivity index (χ1) is 10.3. The molecule has 0 spiro atoms. The first-order valence-corrected chi connectivity index (χ1v) is 7.56. The molecule has 0 aliphatic heterocycles. The van der Waals surface area contributed by atoms with E-state index in [1.54, 1.807) is 14.0 Å². The van der Waals surface area contributed by atoms with Crippen molar-refractivity contribution in [1.82, 2.24) is 10.6 Å². The van der Waals surface area contributed by atoms with Gasteiger partial charge in [0, 0.05) is 6.54 Å². The van der Waals surface area contributed by atoms with Crippen LogP contribution in [0.1, 0.15) is 26.2 Å². The van der Waals surface area contributed by atoms with Crippen molar-refractivity contribution in [1.29, 1.82) is 0 Å². The lowest BCUT2D eigenvalue weighted by Gasteiger charge is -2.25. The molecule has 0 aromatic heterocycles. The van der Waals surface area contributed by atoms with Crippen molar-refractivity contribution in [2.75, 3.05) is 26.7 Å². The van der Waals surface area contributed by atoms with E-state index in [9.17, 15) is 25.2 Å². The largest absolute Gasteiger partial charge is 0.394 e. The summed E-state index contributed by atoms with van der Waals surface area (Å²) in [6.07, 6.45) is -3.51. The molecular weight excluding hydrogens is 292 g/mol. The topological polar surface area (TPSA) is 142 Å². The molecule has 5 atom stereocenters. The minimum Gasteiger partial charge on any atom is -0.394 e. The van der Waals surface area contributed by atoms with Crippen molar-refractivity contribution in [2.45, 2.75) is 56.6 Å². The highest BCUT2D eigenvalue weighted by molar-refractivity contribution is 5.81. The van der Waals surface area contributed by atoms with Crippen molar-refractivity contribution in [3.05, 3.63) is 0 Å². The summed E-state index contributed by atoms with van der Waals surface area (Å²) in [4.78, 5) is 11.2. The normalized spacial score (nSPS) is 18.5. The molecule has 8 nitrogen and oxygen atoms in total. The molecule has 0 fully saturated rings. The predicted molar refractivity (Wildman–Crippen MR) is 81.4 cm³/mol. The van der Waals surface area contributed by atoms with Crippen LogP contribution in [0.25, 0.3) is 0 Å². The van der Waals surface area contributed by atoms with Gasteiger partial charge in [0.1, 0.15) is 24.1 Å². The molecule has 4 unspecified atom stereocenters. The second kappa shape index (κ2) is 11.9. The molecule has 0 saturated heterocycles. The lowest BCUT2D eigenvalue weighted by atomic mass is 10.0. The van der Waals surface area contributed by atoms with Crippen LogP contribution in [0.4, 0.5) is 0 Å². The van der Waals surface area contributed by atoms with Crippen LogP contribution < -0.4 is 10.6 Å². The summed E-state index contributed by atoms with van der Waals surface area (Å²) in [7, 11) is 1.74. The third-order valence-electron chi connectivity index (χ3n) is 3.61. The average Bonchev–Trinajstić information content (AvgIpc) is 2.51. The lowest BCUT2D eigenvalue weighted by molar-refractivity contribution is -0.119. The highest BCUT2D eigenvalue weighted by Gasteiger charge is 2.29. The van der Waals surface area contributed by atoms with Gasteiger partial charge in [0.2, 0.25) is 0 Å². The first kappa shape index (κ1) is 21.4. The van der Waals surface area contributed by atoms with Gasteiger partial charge in [-0.1, -0.05) is 6.42 Å². The van der Waals surface area contributed by atoms with Crippen molar-refractivity contribution in [2.24, 2.45) is 0 Å². The van der Waals surface area contributed by atoms with E-state index in [4.69, 9.17) is 5.11 Å². The summed E-state index contributed by atoms with van der Waals surface area (Å²) in [5, 5.41) is 52.4. The van der Waals surface area contributed by atoms with Crippen molar-refractivity contribution >= 4 is 5.78 Å². The van der Waals surface area contributed by atoms with E-state index >= 15 is 0 Å². The summed E-state index contributed by atoms with van der Waals surface area (Å²) in [5.74, 6) is 0.102. The maximum absolute atomic E-state index is 11.2. The number of unbranched alkanes of at least 4 members (excludes halogenated alkanes) is 1. The van der Waals surface area contributed by atoms with Gasteiger partial charge in [-0.3, -0.25) is 4.79 Å². The number of aliphatic hydroxyl groups excluding tert-OH is 5. The zero-order chi connectivity index (χ0) is 17.1. The number of carbonyl (C=O) groups is 1. The van der Waals surface area contributed by atoms with Gasteiger partial charge in [-0.2, -0.15) is 0 Å². The average molecular weight is 322 g/mol. The predicted octanol–water partition coefficient (Wildman–Crippen LogP) is -2.64. The van der Waals surface area contributed by atoms with Gasteiger partial charge >= 0.3 is 0 Å². The number of aliphatic hydroxyl groups is 5. The molecule has 0 aliphatic rings. The Morgan fingerprint density at radius 2 is 1.64 bits per heavy atom. The molecule has 0 rings (SSSR count). The summed E-state index contributed by atoms with van der Waals surface area (Å²) in [6.45, 7) is 1.50. The molecule has 8 heteroatoms. The zero-order valence-corrected chi connectivity index (χ0v) is 13.3. The standard InChI is InChI=1S/C14H30N2O6/c1-9(18)10(15-2)5-3-4-6-16-7-11(19)13(21)14(22)12(20)8-17/h10-17,19-22H,3-8H2,1-2H3/t10-,11?,12?,13?,14?/m0/s1. The first-order valence-electron chi connectivity index (χ1n) is 7.56. The minimum absolute atomic E-state index is 0.0541. The van der Waals surface area contributed by atoms with Crippen molar-refractivity contribution in [3.8, 4) is 0 Å². The van der Waals surface area contributed by atoms with Crippen LogP contribution in [0.5, 0.6) is 0 Å². The van der Waals surface area contributed by atoms with Gasteiger partial charge in [-0.15, -0.1) is 0 Å². The Bertz CT molecular complexity index is 305. The molecule has 0 aromatic carbocycles. The molecule has 0 heterocycles. The monoisotopic (exact) mass is 322 g/mol. The van der Waals surface area contributed by atoms with E-state index in [1.807, 2.05) is 0 Å². The maximum Gasteiger partial charge on any atom is 0.146 e. The third-order valence-corrected chi connectivity index (χ3v) is 3.61. The van der Waals surface area contributed by atoms with E-state index < -0.39 is 31.0 Å². The summed E-state index contributed by atoms with van der Waals surface area (Å²) >= 11 is 0. The Morgan fingerprint density at radius 3 is 2.14 bits per heavy atom. The second-order valence-corrected chi connectivity index (χ2v) is 5.45. The van der Waals surface area contributed by atoms with E-state index in [0.717, 1.165) is 19.3 Å². The van der Waals surface area contributed by atoms with Crippen LogP contribution in [0, 0.1) is 0 Å². The van der Waals surface area contributed by atoms with Gasteiger partial charge in [0.05, 0.1) is 18.8 Å². The molecule has 0 amide bonds. The van der Waals surface area contributed by atoms with E-state index in [1.165, 1.54) is 0 Å². The molecule has 0 saturated carbocycles. The fourth-order valence-electron chi connectivity index (χ4n) is 2.08. The summed E-state index contributed by atoms with van der Waals surface area (Å²) < 4.78 is 0. The number of carbonyl (C=O) groups excluding carboxylic acids is 1. The fourth-order valence-corrected chi connectivity index (χ4v) is 2.08. The van der Waals surface area contributed by atoms with Crippen LogP contribution in [0.3, 0.4) is 0 Å². The van der Waals surface area contributed by atoms with Gasteiger partial charge in [-0.05, 0) is 33.4 Å². The van der Waals surface area contributed by atoms with Gasteiger partial charge < -0.3 is 36.2 Å². The Morgan fingerprint density at radius 1 is 1.05 bits per heavy atom. The molecular formula is C14H30N2O6. The molecule has 0 bridgehead atoms. The Balaban J connectivity index is 3.80. The van der Waals surface area contributed by atoms with Crippen molar-refractivity contribution < 1.29 is 30.3 Å². The highest BCUT2D eigenvalue weighted by atomic mass is 16.4. The Kier molecular flexibility index (Phi) is 11.6. The van der Waals surface area contributed by atoms with Gasteiger partial charge in [0.25, 0.3) is 0 Å². The Hall–Kier alpha value is -0.610. The number of rotatable bonds is 13. The summed E-state index contributed by atoms with van der Waals surface area (Å²) in [6, 6.07) is -0.137. The van der Waals surface area contributed by atoms with Crippen molar-refractivity contribution in [3.63, 3.8) is 0 Å². The number of hydrogen-bond donors (Lipinski definition) is 7. The molecule has 132 valence electrons. The number of Topliss-reactive ketones (excluding diaryl/α,β-unsaturated/α-hetero) is 1. The fraction of sp³-hybridized carbons (Fsp3) is 0.929. The highest BCUT2D eigenvalue weighted by Crippen LogP contribution is 2.05. The molecule has 7 N–H and O–H groups in total. The SMILES string of the molecule is CN[C@@H](CCCCNCC(O)C(O)C(O)C(O)CO)C(C)=O. The number of ketones is 1. The number of likely N-dealkylation sites (N-methyl/N-ethyl adjacent to an activating group) is 1. The molecule has 22 heavy (non-hydrogen) atoms. The van der Waals surface area contributed by atoms with Gasteiger partial charge in [0.15, 0.2) is 0 Å². The second-order valence-electron chi connectivity index (χ2n) is 5.45. The molecule has 0 radical (unpaired) electrons. The van der Waals surface area contributed by atoms with Crippen LogP contribution >= 0.6 is 0 Å². The minimum atomic E-state index is -1.60. The van der Waals surface area contributed by atoms with E-state index in [0.29, 0.717) is 6.54 Å². The lowest BCUT2D eigenvalue weighted by Crippen LogP contribution is -2.49. The van der Waals surface area contributed by atoms with Crippen LogP contribution in [-0.4, -0.2) is 88.5 Å². The third kappa shape index (κ3) is 8.14. The quantitative estimate of drug-likeness (QED) is 0.182. The smallest absolute Gasteiger partial charge is 0.146 e. The number of hydrogen-bond acceptors (Lipinski definition) is 8. The van der Waals surface area contributed by atoms with E-state index in [2.05, 4.69) is 10.6 Å². The molecule has 0 aliphatic carbocycles. The maximum atomic E-state index is 11.2. The van der Waals surface area contributed by atoms with Crippen LogP contribution in [-0.2, 0) is 4.79 Å². The van der Waals surface area contributed by atoms with Crippen LogP contribution in [0.15, 0.2) is 0 Å².